The molecule has 0 saturated carbocycles. The highest BCUT2D eigenvalue weighted by Gasteiger charge is 2.58. The number of fused-ring (bicyclic) bond motifs is 1. The van der Waals surface area contributed by atoms with E-state index in [9.17, 15) is 31.5 Å². The third kappa shape index (κ3) is 4.11. The Bertz CT molecular complexity index is 1340. The van der Waals surface area contributed by atoms with Crippen LogP contribution in [-0.2, 0) is 17.5 Å². The van der Waals surface area contributed by atoms with Crippen molar-refractivity contribution in [3.63, 3.8) is 0 Å². The number of carbonyl (C=O) groups is 2. The number of nitrogens with zero attached hydrogens (tertiary/aromatic N) is 8. The fourth-order valence-corrected chi connectivity index (χ4v) is 4.93. The maximum Gasteiger partial charge on any atom is 0.433 e. The zero-order chi connectivity index (χ0) is 26.5. The number of alkyl halides is 5. The molecule has 3 aromatic rings. The number of carbonyl (C=O) groups excluding carboxylic acids is 2. The largest absolute Gasteiger partial charge is 0.433 e. The molecule has 196 valence electrons. The van der Waals surface area contributed by atoms with Gasteiger partial charge in [0, 0.05) is 19.6 Å². The van der Waals surface area contributed by atoms with E-state index in [1.54, 1.807) is 11.8 Å². The first-order valence-electron chi connectivity index (χ1n) is 11.5. The molecule has 15 heteroatoms. The predicted octanol–water partition coefficient (Wildman–Crippen LogP) is 3.33. The van der Waals surface area contributed by atoms with E-state index in [0.717, 1.165) is 21.8 Å². The molecule has 2 aliphatic rings. The molecule has 0 unspecified atom stereocenters. The van der Waals surface area contributed by atoms with Crippen molar-refractivity contribution in [1.29, 1.82) is 0 Å². The maximum atomic E-state index is 13.7. The van der Waals surface area contributed by atoms with Crippen LogP contribution in [0, 0.1) is 0 Å². The van der Waals surface area contributed by atoms with Crippen molar-refractivity contribution >= 4 is 34.6 Å². The van der Waals surface area contributed by atoms with Gasteiger partial charge in [-0.3, -0.25) is 4.79 Å². The summed E-state index contributed by atoms with van der Waals surface area (Å²) >= 11 is 0. The van der Waals surface area contributed by atoms with Gasteiger partial charge in [0.05, 0.1) is 24.3 Å². The molecule has 0 atom stereocenters. The first kappa shape index (κ1) is 24.8. The van der Waals surface area contributed by atoms with Crippen LogP contribution in [0.1, 0.15) is 25.5 Å². The molecule has 0 N–H and O–H groups in total. The van der Waals surface area contributed by atoms with E-state index in [2.05, 4.69) is 20.1 Å². The Kier molecular flexibility index (Phi) is 5.95. The smallest absolute Gasteiger partial charge is 0.370 e. The second-order valence-corrected chi connectivity index (χ2v) is 8.74. The van der Waals surface area contributed by atoms with Crippen molar-refractivity contribution in [1.82, 2.24) is 29.6 Å². The minimum absolute atomic E-state index is 0.0204. The van der Waals surface area contributed by atoms with Gasteiger partial charge in [-0.25, -0.2) is 38.1 Å². The summed E-state index contributed by atoms with van der Waals surface area (Å²) in [6.45, 7) is 1.82. The Labute approximate surface area is 206 Å². The molecule has 2 saturated heterocycles. The monoisotopic (exact) mass is 524 g/mol. The molecule has 2 aliphatic heterocycles. The van der Waals surface area contributed by atoms with E-state index < -0.39 is 42.3 Å². The molecule has 0 aliphatic carbocycles. The fraction of sp³-hybridized carbons (Fsp3) is 0.455. The predicted molar refractivity (Wildman–Crippen MR) is 120 cm³/mol. The van der Waals surface area contributed by atoms with Gasteiger partial charge in [0.2, 0.25) is 0 Å². The zero-order valence-corrected chi connectivity index (χ0v) is 19.5. The number of pyridine rings is 1. The third-order valence-electron chi connectivity index (χ3n) is 6.72. The molecule has 3 aromatic heterocycles. The van der Waals surface area contributed by atoms with Crippen LogP contribution < -0.4 is 9.80 Å². The minimum Gasteiger partial charge on any atom is -0.370 e. The molecular formula is C22H21F5N8O2. The van der Waals surface area contributed by atoms with Gasteiger partial charge in [-0.1, -0.05) is 0 Å². The molecule has 2 fully saturated rings. The lowest BCUT2D eigenvalue weighted by molar-refractivity contribution is -0.141. The van der Waals surface area contributed by atoms with Gasteiger partial charge < -0.3 is 9.80 Å². The van der Waals surface area contributed by atoms with Gasteiger partial charge in [0.15, 0.2) is 11.5 Å². The summed E-state index contributed by atoms with van der Waals surface area (Å²) in [5.74, 6) is -0.610. The molecule has 37 heavy (non-hydrogen) atoms. The number of urea groups is 1. The van der Waals surface area contributed by atoms with Gasteiger partial charge >= 0.3 is 12.2 Å². The molecule has 1 spiro atoms. The molecule has 0 aromatic carbocycles. The second-order valence-electron chi connectivity index (χ2n) is 8.74. The molecule has 10 nitrogen and oxygen atoms in total. The Balaban J connectivity index is 1.40. The first-order valence-corrected chi connectivity index (χ1v) is 11.5. The quantitative estimate of drug-likeness (QED) is 0.373. The van der Waals surface area contributed by atoms with Crippen molar-refractivity contribution in [2.75, 3.05) is 29.4 Å². The summed E-state index contributed by atoms with van der Waals surface area (Å²) in [7, 11) is 0. The van der Waals surface area contributed by atoms with Crippen LogP contribution in [0.3, 0.4) is 0 Å². The van der Waals surface area contributed by atoms with Crippen LogP contribution in [-0.4, -0.2) is 73.2 Å². The van der Waals surface area contributed by atoms with Gasteiger partial charge in [-0.05, 0) is 31.9 Å². The van der Waals surface area contributed by atoms with Gasteiger partial charge in [-0.15, -0.1) is 0 Å². The maximum absolute atomic E-state index is 13.7. The highest BCUT2D eigenvalue weighted by Crippen LogP contribution is 2.40. The molecule has 5 rings (SSSR count). The summed E-state index contributed by atoms with van der Waals surface area (Å²) in [5, 5.41) is 3.85. The van der Waals surface area contributed by atoms with E-state index >= 15 is 0 Å². The van der Waals surface area contributed by atoms with E-state index in [1.165, 1.54) is 23.4 Å². The third-order valence-corrected chi connectivity index (χ3v) is 6.72. The lowest BCUT2D eigenvalue weighted by Gasteiger charge is -2.42. The van der Waals surface area contributed by atoms with Crippen LogP contribution >= 0.6 is 0 Å². The average molecular weight is 524 g/mol. The number of hydrogen-bond donors (Lipinski definition) is 0. The van der Waals surface area contributed by atoms with Crippen LogP contribution in [0.15, 0.2) is 30.7 Å². The average Bonchev–Trinajstić information content (AvgIpc) is 3.34. The van der Waals surface area contributed by atoms with Gasteiger partial charge in [0.25, 0.3) is 12.3 Å². The summed E-state index contributed by atoms with van der Waals surface area (Å²) in [6, 6.07) is 1.62. The van der Waals surface area contributed by atoms with E-state index in [-0.39, 0.29) is 36.4 Å². The standard InChI is InChI=1S/C22H21F5N8O2/c1-2-33-20(37)35(17-11-28-14-10-30-34(12-16(23)24)18(14)31-17)19(36)21(33)5-7-32(8-6-21)13-3-4-15(29-9-13)22(25,26)27/h3-4,9-11,16H,2,5-8,12H2,1H3. The number of likely N-dealkylation sites (N-methyl/N-ethyl adjacent to an activating group) is 1. The van der Waals surface area contributed by atoms with E-state index in [4.69, 9.17) is 0 Å². The number of piperidine rings is 1. The molecule has 0 bridgehead atoms. The SMILES string of the molecule is CCN1C(=O)N(c2cnc3cnn(CC(F)F)c3n2)C(=O)C12CCN(c1ccc(C(F)(F)F)nc1)CC2. The van der Waals surface area contributed by atoms with Crippen molar-refractivity contribution in [2.45, 2.75) is 44.5 Å². The highest BCUT2D eigenvalue weighted by atomic mass is 19.4. The van der Waals surface area contributed by atoms with Gasteiger partial charge in [0.1, 0.15) is 23.3 Å². The molecule has 0 radical (unpaired) electrons. The molecule has 3 amide bonds. The van der Waals surface area contributed by atoms with Crippen molar-refractivity contribution in [3.05, 3.63) is 36.4 Å². The number of amides is 3. The normalized spacial score (nSPS) is 18.2. The molecule has 5 heterocycles. The summed E-state index contributed by atoms with van der Waals surface area (Å²) in [5.41, 5.74) is -1.44. The fourth-order valence-electron chi connectivity index (χ4n) is 4.93. The van der Waals surface area contributed by atoms with Crippen molar-refractivity contribution < 1.29 is 31.5 Å². The van der Waals surface area contributed by atoms with Crippen LogP contribution in [0.4, 0.5) is 38.3 Å². The second kappa shape index (κ2) is 8.88. The van der Waals surface area contributed by atoms with Crippen LogP contribution in [0.2, 0.25) is 0 Å². The number of aromatic nitrogens is 5. The topological polar surface area (TPSA) is 100 Å². The summed E-state index contributed by atoms with van der Waals surface area (Å²) < 4.78 is 65.3. The molecular weight excluding hydrogens is 503 g/mol. The van der Waals surface area contributed by atoms with Crippen LogP contribution in [0.25, 0.3) is 11.2 Å². The number of halogens is 5. The Morgan fingerprint density at radius 3 is 2.38 bits per heavy atom. The Morgan fingerprint density at radius 1 is 1.05 bits per heavy atom. The number of imide groups is 1. The lowest BCUT2D eigenvalue weighted by atomic mass is 9.85. The van der Waals surface area contributed by atoms with E-state index in [1.807, 2.05) is 0 Å². The summed E-state index contributed by atoms with van der Waals surface area (Å²) in [4.78, 5) is 43.1. The van der Waals surface area contributed by atoms with Crippen LogP contribution in [0.5, 0.6) is 0 Å². The Hall–Kier alpha value is -3.91. The Morgan fingerprint density at radius 2 is 1.78 bits per heavy atom. The van der Waals surface area contributed by atoms with Crippen molar-refractivity contribution in [2.24, 2.45) is 0 Å². The number of anilines is 2. The summed E-state index contributed by atoms with van der Waals surface area (Å²) in [6.07, 6.45) is -3.15. The van der Waals surface area contributed by atoms with Crippen molar-refractivity contribution in [3.8, 4) is 0 Å². The lowest BCUT2D eigenvalue weighted by Crippen LogP contribution is -2.56. The van der Waals surface area contributed by atoms with E-state index in [0.29, 0.717) is 18.8 Å². The number of hydrogen-bond acceptors (Lipinski definition) is 7. The zero-order valence-electron chi connectivity index (χ0n) is 19.5. The minimum atomic E-state index is -4.55. The highest BCUT2D eigenvalue weighted by molar-refractivity contribution is 6.23. The number of rotatable bonds is 5. The van der Waals surface area contributed by atoms with Gasteiger partial charge in [-0.2, -0.15) is 18.3 Å². The first-order chi connectivity index (χ1) is 17.5.